The molecule has 1 heterocycles. The van der Waals surface area contributed by atoms with E-state index in [2.05, 4.69) is 14.8 Å². The fourth-order valence-electron chi connectivity index (χ4n) is 1.63. The van der Waals surface area contributed by atoms with Gasteiger partial charge in [-0.25, -0.2) is 0 Å². The average Bonchev–Trinajstić information content (AvgIpc) is 2.26. The summed E-state index contributed by atoms with van der Waals surface area (Å²) >= 11 is 0. The van der Waals surface area contributed by atoms with E-state index in [1.54, 1.807) is 0 Å². The Morgan fingerprint density at radius 3 is 1.87 bits per heavy atom. The molecule has 0 spiro atoms. The number of esters is 2. The van der Waals surface area contributed by atoms with E-state index >= 15 is 0 Å². The van der Waals surface area contributed by atoms with Crippen LogP contribution in [0.5, 0.6) is 0 Å². The highest BCUT2D eigenvalue weighted by atomic mass is 16.5. The highest BCUT2D eigenvalue weighted by Gasteiger charge is 2.35. The first-order chi connectivity index (χ1) is 7.08. The third kappa shape index (κ3) is 2.90. The van der Waals surface area contributed by atoms with E-state index in [9.17, 15) is 14.7 Å². The molecule has 2 unspecified atom stereocenters. The molecule has 0 radical (unpaired) electrons. The van der Waals surface area contributed by atoms with Crippen LogP contribution in [0.15, 0.2) is 0 Å². The fourth-order valence-corrected chi connectivity index (χ4v) is 1.63. The van der Waals surface area contributed by atoms with E-state index < -0.39 is 30.1 Å². The normalized spacial score (nSPS) is 30.7. The van der Waals surface area contributed by atoms with Crippen LogP contribution in [0.1, 0.15) is 12.8 Å². The summed E-state index contributed by atoms with van der Waals surface area (Å²) in [5, 5.41) is 12.3. The van der Waals surface area contributed by atoms with Crippen molar-refractivity contribution in [2.24, 2.45) is 0 Å². The monoisotopic (exact) mass is 217 g/mol. The summed E-state index contributed by atoms with van der Waals surface area (Å²) in [6.45, 7) is 0. The first kappa shape index (κ1) is 11.9. The minimum absolute atomic E-state index is 0.250. The molecule has 0 aromatic heterocycles. The van der Waals surface area contributed by atoms with Gasteiger partial charge in [-0.05, 0) is 12.8 Å². The van der Waals surface area contributed by atoms with Gasteiger partial charge in [-0.3, -0.25) is 14.9 Å². The molecule has 0 aromatic carbocycles. The maximum atomic E-state index is 11.2. The van der Waals surface area contributed by atoms with Crippen LogP contribution in [-0.2, 0) is 19.1 Å². The minimum atomic E-state index is -0.695. The van der Waals surface area contributed by atoms with Crippen LogP contribution in [0.2, 0.25) is 0 Å². The summed E-state index contributed by atoms with van der Waals surface area (Å²) in [5.74, 6) is -0.967. The SMILES string of the molecule is COC(=O)C1CC(O)CC(C(=O)OC)N1. The maximum Gasteiger partial charge on any atom is 0.322 e. The second-order valence-electron chi connectivity index (χ2n) is 3.44. The van der Waals surface area contributed by atoms with Gasteiger partial charge in [0.25, 0.3) is 0 Å². The van der Waals surface area contributed by atoms with Crippen molar-refractivity contribution in [3.63, 3.8) is 0 Å². The summed E-state index contributed by atoms with van der Waals surface area (Å²) < 4.78 is 9.07. The van der Waals surface area contributed by atoms with Crippen molar-refractivity contribution >= 4 is 11.9 Å². The van der Waals surface area contributed by atoms with Crippen molar-refractivity contribution in [2.45, 2.75) is 31.0 Å². The molecule has 0 bridgehead atoms. The number of carbonyl (C=O) groups is 2. The standard InChI is InChI=1S/C9H15NO5/c1-14-8(12)6-3-5(11)4-7(10-6)9(13)15-2/h5-7,10-11H,3-4H2,1-2H3. The molecule has 1 aliphatic rings. The zero-order chi connectivity index (χ0) is 11.4. The number of rotatable bonds is 2. The quantitative estimate of drug-likeness (QED) is 0.566. The molecule has 2 N–H and O–H groups in total. The average molecular weight is 217 g/mol. The first-order valence-electron chi connectivity index (χ1n) is 4.68. The van der Waals surface area contributed by atoms with Crippen LogP contribution < -0.4 is 5.32 Å². The van der Waals surface area contributed by atoms with E-state index in [0.717, 1.165) is 0 Å². The summed E-state index contributed by atoms with van der Waals surface area (Å²) in [6.07, 6.45) is -0.195. The highest BCUT2D eigenvalue weighted by Crippen LogP contribution is 2.15. The van der Waals surface area contributed by atoms with Gasteiger partial charge >= 0.3 is 11.9 Å². The molecule has 0 saturated carbocycles. The molecule has 15 heavy (non-hydrogen) atoms. The summed E-state index contributed by atoms with van der Waals surface area (Å²) in [5.41, 5.74) is 0. The van der Waals surface area contributed by atoms with Gasteiger partial charge < -0.3 is 14.6 Å². The van der Waals surface area contributed by atoms with Crippen molar-refractivity contribution in [1.82, 2.24) is 5.32 Å². The number of aliphatic hydroxyl groups excluding tert-OH is 1. The van der Waals surface area contributed by atoms with Crippen LogP contribution >= 0.6 is 0 Å². The highest BCUT2D eigenvalue weighted by molar-refractivity contribution is 5.80. The second kappa shape index (κ2) is 5.09. The molecule has 6 nitrogen and oxygen atoms in total. The number of carbonyl (C=O) groups excluding carboxylic acids is 2. The molecular weight excluding hydrogens is 202 g/mol. The van der Waals surface area contributed by atoms with Crippen molar-refractivity contribution in [3.8, 4) is 0 Å². The minimum Gasteiger partial charge on any atom is -0.468 e. The number of ether oxygens (including phenoxy) is 2. The van der Waals surface area contributed by atoms with Gasteiger partial charge in [-0.15, -0.1) is 0 Å². The molecule has 2 atom stereocenters. The lowest BCUT2D eigenvalue weighted by atomic mass is 9.96. The fraction of sp³-hybridized carbons (Fsp3) is 0.778. The molecule has 0 aliphatic carbocycles. The van der Waals surface area contributed by atoms with Crippen molar-refractivity contribution in [2.75, 3.05) is 14.2 Å². The van der Waals surface area contributed by atoms with Gasteiger partial charge in [-0.1, -0.05) is 0 Å². The lowest BCUT2D eigenvalue weighted by Crippen LogP contribution is -2.54. The van der Waals surface area contributed by atoms with Crippen LogP contribution in [0.4, 0.5) is 0 Å². The van der Waals surface area contributed by atoms with Crippen LogP contribution in [0.3, 0.4) is 0 Å². The second-order valence-corrected chi connectivity index (χ2v) is 3.44. The molecule has 1 aliphatic heterocycles. The van der Waals surface area contributed by atoms with E-state index in [0.29, 0.717) is 0 Å². The topological polar surface area (TPSA) is 84.9 Å². The van der Waals surface area contributed by atoms with Gasteiger partial charge in [0.05, 0.1) is 20.3 Å². The summed E-state index contributed by atoms with van der Waals surface area (Å²) in [4.78, 5) is 22.4. The molecule has 0 amide bonds. The van der Waals surface area contributed by atoms with Gasteiger partial charge in [0.1, 0.15) is 12.1 Å². The Labute approximate surface area is 87.5 Å². The molecule has 0 aromatic rings. The smallest absolute Gasteiger partial charge is 0.322 e. The third-order valence-corrected chi connectivity index (χ3v) is 2.39. The molecule has 1 saturated heterocycles. The Morgan fingerprint density at radius 2 is 1.53 bits per heavy atom. The van der Waals surface area contributed by atoms with E-state index in [4.69, 9.17) is 0 Å². The van der Waals surface area contributed by atoms with Crippen molar-refractivity contribution in [3.05, 3.63) is 0 Å². The lowest BCUT2D eigenvalue weighted by molar-refractivity contribution is -0.150. The molecular formula is C9H15NO5. The molecule has 1 fully saturated rings. The Hall–Kier alpha value is -1.14. The van der Waals surface area contributed by atoms with E-state index in [1.165, 1.54) is 14.2 Å². The number of methoxy groups -OCH3 is 2. The lowest BCUT2D eigenvalue weighted by Gasteiger charge is -2.30. The zero-order valence-electron chi connectivity index (χ0n) is 8.73. The largest absolute Gasteiger partial charge is 0.468 e. The van der Waals surface area contributed by atoms with Crippen LogP contribution in [0.25, 0.3) is 0 Å². The number of piperidine rings is 1. The maximum absolute atomic E-state index is 11.2. The van der Waals surface area contributed by atoms with Gasteiger partial charge in [0.2, 0.25) is 0 Å². The third-order valence-electron chi connectivity index (χ3n) is 2.39. The Morgan fingerprint density at radius 1 is 1.13 bits per heavy atom. The van der Waals surface area contributed by atoms with Crippen molar-refractivity contribution in [1.29, 1.82) is 0 Å². The van der Waals surface area contributed by atoms with Gasteiger partial charge in [0.15, 0.2) is 0 Å². The Bertz CT molecular complexity index is 231. The predicted molar refractivity (Wildman–Crippen MR) is 50.0 cm³/mol. The van der Waals surface area contributed by atoms with Gasteiger partial charge in [0, 0.05) is 0 Å². The van der Waals surface area contributed by atoms with E-state index in [1.807, 2.05) is 0 Å². The number of hydrogen-bond donors (Lipinski definition) is 2. The number of aliphatic hydroxyl groups is 1. The molecule has 1 rings (SSSR count). The van der Waals surface area contributed by atoms with Crippen LogP contribution in [-0.4, -0.2) is 49.5 Å². The summed E-state index contributed by atoms with van der Waals surface area (Å²) in [7, 11) is 2.52. The Kier molecular flexibility index (Phi) is 4.05. The zero-order valence-corrected chi connectivity index (χ0v) is 8.73. The van der Waals surface area contributed by atoms with Gasteiger partial charge in [-0.2, -0.15) is 0 Å². The first-order valence-corrected chi connectivity index (χ1v) is 4.68. The molecule has 86 valence electrons. The van der Waals surface area contributed by atoms with Crippen molar-refractivity contribution < 1.29 is 24.2 Å². The van der Waals surface area contributed by atoms with Crippen LogP contribution in [0, 0.1) is 0 Å². The summed E-state index contributed by atoms with van der Waals surface area (Å²) in [6, 6.07) is -1.30. The predicted octanol–water partition coefficient (Wildman–Crippen LogP) is -1.19. The number of nitrogens with one attached hydrogen (secondary N) is 1. The molecule has 6 heteroatoms. The number of hydrogen-bond acceptors (Lipinski definition) is 6. The Balaban J connectivity index is 2.63. The van der Waals surface area contributed by atoms with E-state index in [-0.39, 0.29) is 12.8 Å².